The van der Waals surface area contributed by atoms with Crippen LogP contribution >= 0.6 is 15.9 Å². The molecule has 17 heavy (non-hydrogen) atoms. The zero-order valence-corrected chi connectivity index (χ0v) is 11.4. The number of sulfone groups is 1. The zero-order chi connectivity index (χ0) is 12.6. The van der Waals surface area contributed by atoms with E-state index in [1.54, 1.807) is 19.2 Å². The molecular weight excluding hydrogens is 308 g/mol. The molecule has 1 aliphatic rings. The van der Waals surface area contributed by atoms with E-state index in [0.717, 1.165) is 0 Å². The van der Waals surface area contributed by atoms with Crippen molar-refractivity contribution >= 4 is 37.4 Å². The standard InChI is InChI=1S/C10H11BrN2O3S/c1-12-5-8-10(14)13-9-6(11)3-2-4-7(9)17(8,15)16/h2-4,8,12H,5H2,1H3,(H,13,14). The van der Waals surface area contributed by atoms with Crippen LogP contribution in [0, 0.1) is 0 Å². The zero-order valence-electron chi connectivity index (χ0n) is 9.03. The Morgan fingerprint density at radius 2 is 2.18 bits per heavy atom. The summed E-state index contributed by atoms with van der Waals surface area (Å²) in [5.41, 5.74) is 0.324. The van der Waals surface area contributed by atoms with Gasteiger partial charge < -0.3 is 10.6 Å². The van der Waals surface area contributed by atoms with Crippen molar-refractivity contribution in [1.82, 2.24) is 5.32 Å². The summed E-state index contributed by atoms with van der Waals surface area (Å²) in [4.78, 5) is 11.9. The minimum absolute atomic E-state index is 0.0973. The van der Waals surface area contributed by atoms with E-state index in [-0.39, 0.29) is 11.4 Å². The Morgan fingerprint density at radius 3 is 2.82 bits per heavy atom. The van der Waals surface area contributed by atoms with Crippen LogP contribution in [0.2, 0.25) is 0 Å². The smallest absolute Gasteiger partial charge is 0.244 e. The fourth-order valence-electron chi connectivity index (χ4n) is 1.75. The first-order valence-corrected chi connectivity index (χ1v) is 7.30. The third-order valence-corrected chi connectivity index (χ3v) is 5.33. The minimum Gasteiger partial charge on any atom is -0.323 e. The second-order valence-corrected chi connectivity index (χ2v) is 6.65. The molecule has 7 heteroatoms. The highest BCUT2D eigenvalue weighted by Gasteiger charge is 2.40. The summed E-state index contributed by atoms with van der Waals surface area (Å²) in [5, 5.41) is 4.26. The van der Waals surface area contributed by atoms with E-state index >= 15 is 0 Å². The predicted octanol–water partition coefficient (Wildman–Crippen LogP) is 0.763. The number of para-hydroxylation sites is 1. The Balaban J connectivity index is 2.62. The van der Waals surface area contributed by atoms with Crippen molar-refractivity contribution in [2.75, 3.05) is 18.9 Å². The molecular formula is C10H11BrN2O3S. The molecule has 1 atom stereocenters. The van der Waals surface area contributed by atoms with Crippen molar-refractivity contribution in [2.24, 2.45) is 0 Å². The van der Waals surface area contributed by atoms with Crippen LogP contribution in [0.25, 0.3) is 0 Å². The number of anilines is 1. The minimum atomic E-state index is -3.62. The summed E-state index contributed by atoms with van der Waals surface area (Å²) in [5.74, 6) is -0.501. The Labute approximate surface area is 108 Å². The van der Waals surface area contributed by atoms with Crippen molar-refractivity contribution in [3.63, 3.8) is 0 Å². The Hall–Kier alpha value is -0.920. The molecule has 2 N–H and O–H groups in total. The van der Waals surface area contributed by atoms with Gasteiger partial charge in [0.15, 0.2) is 15.1 Å². The second-order valence-electron chi connectivity index (χ2n) is 3.69. The van der Waals surface area contributed by atoms with E-state index in [4.69, 9.17) is 0 Å². The van der Waals surface area contributed by atoms with Crippen LogP contribution in [0.5, 0.6) is 0 Å². The van der Waals surface area contributed by atoms with Gasteiger partial charge in [0, 0.05) is 11.0 Å². The van der Waals surface area contributed by atoms with Crippen LogP contribution in [0.15, 0.2) is 27.6 Å². The number of rotatable bonds is 2. The van der Waals surface area contributed by atoms with Gasteiger partial charge in [-0.2, -0.15) is 0 Å². The summed E-state index contributed by atoms with van der Waals surface area (Å²) in [7, 11) is -2.01. The van der Waals surface area contributed by atoms with Crippen molar-refractivity contribution in [3.05, 3.63) is 22.7 Å². The summed E-state index contributed by atoms with van der Waals surface area (Å²) < 4.78 is 25.0. The van der Waals surface area contributed by atoms with E-state index in [1.165, 1.54) is 6.07 Å². The van der Waals surface area contributed by atoms with Crippen molar-refractivity contribution in [2.45, 2.75) is 10.1 Å². The number of nitrogens with one attached hydrogen (secondary N) is 2. The molecule has 1 aliphatic heterocycles. The molecule has 1 amide bonds. The maximum atomic E-state index is 12.2. The molecule has 5 nitrogen and oxygen atoms in total. The average Bonchev–Trinajstić information content (AvgIpc) is 2.26. The van der Waals surface area contributed by atoms with E-state index in [1.807, 2.05) is 0 Å². The van der Waals surface area contributed by atoms with Crippen LogP contribution in [0.3, 0.4) is 0 Å². The van der Waals surface area contributed by atoms with Crippen LogP contribution in [-0.4, -0.2) is 33.2 Å². The Kier molecular flexibility index (Phi) is 3.24. The molecule has 0 bridgehead atoms. The molecule has 0 saturated heterocycles. The third-order valence-electron chi connectivity index (χ3n) is 2.59. The van der Waals surface area contributed by atoms with Gasteiger partial charge in [-0.15, -0.1) is 0 Å². The van der Waals surface area contributed by atoms with Gasteiger partial charge in [-0.05, 0) is 35.1 Å². The topological polar surface area (TPSA) is 75.3 Å². The quantitative estimate of drug-likeness (QED) is 0.844. The molecule has 1 aromatic carbocycles. The lowest BCUT2D eigenvalue weighted by Crippen LogP contribution is -2.45. The third kappa shape index (κ3) is 1.98. The predicted molar refractivity (Wildman–Crippen MR) is 67.7 cm³/mol. The molecule has 0 aliphatic carbocycles. The number of carbonyl (C=O) groups is 1. The summed E-state index contributed by atoms with van der Waals surface area (Å²) >= 11 is 3.23. The molecule has 0 fully saturated rings. The van der Waals surface area contributed by atoms with Gasteiger partial charge in [0.25, 0.3) is 0 Å². The van der Waals surface area contributed by atoms with Gasteiger partial charge in [-0.3, -0.25) is 4.79 Å². The molecule has 0 aromatic heterocycles. The van der Waals surface area contributed by atoms with Gasteiger partial charge in [-0.1, -0.05) is 6.07 Å². The lowest BCUT2D eigenvalue weighted by Gasteiger charge is -2.25. The van der Waals surface area contributed by atoms with E-state index in [9.17, 15) is 13.2 Å². The molecule has 1 heterocycles. The SMILES string of the molecule is CNCC1C(=O)Nc2c(Br)cccc2S1(=O)=O. The van der Waals surface area contributed by atoms with Crippen molar-refractivity contribution in [3.8, 4) is 0 Å². The van der Waals surface area contributed by atoms with Crippen LogP contribution < -0.4 is 10.6 Å². The fourth-order valence-corrected chi connectivity index (χ4v) is 4.09. The number of hydrogen-bond donors (Lipinski definition) is 2. The highest BCUT2D eigenvalue weighted by Crippen LogP contribution is 2.35. The van der Waals surface area contributed by atoms with Crippen molar-refractivity contribution in [1.29, 1.82) is 0 Å². The molecule has 2 rings (SSSR count). The van der Waals surface area contributed by atoms with E-state index in [2.05, 4.69) is 26.6 Å². The van der Waals surface area contributed by atoms with Crippen LogP contribution in [-0.2, 0) is 14.6 Å². The number of hydrogen-bond acceptors (Lipinski definition) is 4. The van der Waals surface area contributed by atoms with Gasteiger partial charge in [-0.25, -0.2) is 8.42 Å². The number of carbonyl (C=O) groups excluding carboxylic acids is 1. The summed E-state index contributed by atoms with van der Waals surface area (Å²) in [6.45, 7) is 0.0973. The van der Waals surface area contributed by atoms with Crippen LogP contribution in [0.1, 0.15) is 0 Å². The molecule has 0 saturated carbocycles. The summed E-state index contributed by atoms with van der Waals surface area (Å²) in [6, 6.07) is 4.82. The van der Waals surface area contributed by atoms with E-state index in [0.29, 0.717) is 10.2 Å². The monoisotopic (exact) mass is 318 g/mol. The molecule has 92 valence electrons. The lowest BCUT2D eigenvalue weighted by molar-refractivity contribution is -0.115. The largest absolute Gasteiger partial charge is 0.323 e. The fraction of sp³-hybridized carbons (Fsp3) is 0.300. The number of benzene rings is 1. The molecule has 0 radical (unpaired) electrons. The molecule has 1 aromatic rings. The first-order valence-electron chi connectivity index (χ1n) is 4.96. The molecule has 1 unspecified atom stereocenters. The maximum absolute atomic E-state index is 12.2. The number of halogens is 1. The van der Waals surface area contributed by atoms with E-state index < -0.39 is 21.0 Å². The first-order chi connectivity index (χ1) is 7.98. The first kappa shape index (κ1) is 12.5. The normalized spacial score (nSPS) is 21.8. The number of amides is 1. The number of fused-ring (bicyclic) bond motifs is 1. The Morgan fingerprint density at radius 1 is 1.47 bits per heavy atom. The molecule has 0 spiro atoms. The van der Waals surface area contributed by atoms with Crippen molar-refractivity contribution < 1.29 is 13.2 Å². The second kappa shape index (κ2) is 4.40. The van der Waals surface area contributed by atoms with Gasteiger partial charge >= 0.3 is 0 Å². The van der Waals surface area contributed by atoms with Crippen LogP contribution in [0.4, 0.5) is 5.69 Å². The maximum Gasteiger partial charge on any atom is 0.244 e. The van der Waals surface area contributed by atoms with Gasteiger partial charge in [0.2, 0.25) is 5.91 Å². The Bertz CT molecular complexity index is 571. The lowest BCUT2D eigenvalue weighted by atomic mass is 10.3. The highest BCUT2D eigenvalue weighted by atomic mass is 79.9. The van der Waals surface area contributed by atoms with Gasteiger partial charge in [0.05, 0.1) is 10.6 Å². The summed E-state index contributed by atoms with van der Waals surface area (Å²) in [6.07, 6.45) is 0. The average molecular weight is 319 g/mol. The van der Waals surface area contributed by atoms with Gasteiger partial charge in [0.1, 0.15) is 0 Å². The highest BCUT2D eigenvalue weighted by molar-refractivity contribution is 9.10.